The topological polar surface area (TPSA) is 77.1 Å². The van der Waals surface area contributed by atoms with E-state index < -0.39 is 6.10 Å². The second-order valence-corrected chi connectivity index (χ2v) is 8.59. The van der Waals surface area contributed by atoms with Gasteiger partial charge in [-0.25, -0.2) is 0 Å². The second kappa shape index (κ2) is 10.7. The van der Waals surface area contributed by atoms with Crippen molar-refractivity contribution in [1.82, 2.24) is 4.90 Å². The van der Waals surface area contributed by atoms with E-state index in [1.807, 2.05) is 25.1 Å². The number of carbonyl (C=O) groups excluding carboxylic acids is 2. The molecule has 0 bridgehead atoms. The molecule has 35 heavy (non-hydrogen) atoms. The molecule has 1 aliphatic heterocycles. The van der Waals surface area contributed by atoms with Gasteiger partial charge in [0.25, 0.3) is 11.8 Å². The third-order valence-corrected chi connectivity index (χ3v) is 6.10. The molecule has 182 valence electrons. The van der Waals surface area contributed by atoms with Crippen LogP contribution in [0.4, 0.5) is 5.69 Å². The number of carbonyl (C=O) groups is 2. The highest BCUT2D eigenvalue weighted by molar-refractivity contribution is 6.30. The zero-order valence-corrected chi connectivity index (χ0v) is 20.6. The number of nitrogens with one attached hydrogen (secondary N) is 1. The van der Waals surface area contributed by atoms with Crippen molar-refractivity contribution in [3.05, 3.63) is 82.4 Å². The lowest BCUT2D eigenvalue weighted by Gasteiger charge is -2.23. The van der Waals surface area contributed by atoms with E-state index in [4.69, 9.17) is 25.8 Å². The smallest absolute Gasteiger partial charge is 0.264 e. The maximum atomic E-state index is 13.2. The maximum Gasteiger partial charge on any atom is 0.264 e. The van der Waals surface area contributed by atoms with Crippen LogP contribution in [0.1, 0.15) is 34.8 Å². The molecular formula is C27H27ClN2O5. The van der Waals surface area contributed by atoms with Crippen LogP contribution in [0.2, 0.25) is 5.02 Å². The fraction of sp³-hybridized carbons (Fsp3) is 0.259. The molecule has 0 saturated carbocycles. The lowest BCUT2D eigenvalue weighted by molar-refractivity contribution is -0.139. The Morgan fingerprint density at radius 1 is 1.09 bits per heavy atom. The monoisotopic (exact) mass is 494 g/mol. The summed E-state index contributed by atoms with van der Waals surface area (Å²) in [4.78, 5) is 28.1. The molecule has 1 unspecified atom stereocenters. The van der Waals surface area contributed by atoms with Gasteiger partial charge in [-0.3, -0.25) is 9.59 Å². The molecule has 0 aliphatic carbocycles. The Morgan fingerprint density at radius 2 is 1.77 bits per heavy atom. The molecule has 3 aromatic rings. The first-order valence-corrected chi connectivity index (χ1v) is 11.7. The summed E-state index contributed by atoms with van der Waals surface area (Å²) in [6, 6.07) is 17.9. The van der Waals surface area contributed by atoms with Gasteiger partial charge in [-0.05, 0) is 54.4 Å². The first-order valence-electron chi connectivity index (χ1n) is 11.3. The van der Waals surface area contributed by atoms with E-state index in [9.17, 15) is 9.59 Å². The van der Waals surface area contributed by atoms with E-state index in [-0.39, 0.29) is 11.8 Å². The molecule has 1 N–H and O–H groups in total. The SMILES string of the molecule is CCC1Oc2ccc(NC(=O)c3c(OC)cccc3OC)cc2CN(Cc2ccc(Cl)cc2)C1=O. The third kappa shape index (κ3) is 5.35. The molecule has 0 spiro atoms. The lowest BCUT2D eigenvalue weighted by Crippen LogP contribution is -2.38. The van der Waals surface area contributed by atoms with Crippen LogP contribution in [0.25, 0.3) is 0 Å². The Bertz CT molecular complexity index is 1210. The minimum atomic E-state index is -0.582. The molecule has 8 heteroatoms. The summed E-state index contributed by atoms with van der Waals surface area (Å²) in [7, 11) is 3.00. The second-order valence-electron chi connectivity index (χ2n) is 8.15. The van der Waals surface area contributed by atoms with E-state index in [0.717, 1.165) is 11.1 Å². The van der Waals surface area contributed by atoms with Gasteiger partial charge in [0.15, 0.2) is 6.10 Å². The van der Waals surface area contributed by atoms with Crippen LogP contribution in [-0.4, -0.2) is 37.0 Å². The van der Waals surface area contributed by atoms with Crippen LogP contribution in [0.15, 0.2) is 60.7 Å². The zero-order chi connectivity index (χ0) is 24.9. The number of hydrogen-bond acceptors (Lipinski definition) is 5. The van der Waals surface area contributed by atoms with Crippen LogP contribution in [0.5, 0.6) is 17.2 Å². The van der Waals surface area contributed by atoms with Gasteiger partial charge in [-0.2, -0.15) is 0 Å². The van der Waals surface area contributed by atoms with Gasteiger partial charge in [-0.1, -0.05) is 36.7 Å². The predicted octanol–water partition coefficient (Wildman–Crippen LogP) is 5.31. The average Bonchev–Trinajstić information content (AvgIpc) is 3.00. The van der Waals surface area contributed by atoms with Crippen LogP contribution in [0, 0.1) is 0 Å². The van der Waals surface area contributed by atoms with Gasteiger partial charge in [0.1, 0.15) is 22.8 Å². The fourth-order valence-electron chi connectivity index (χ4n) is 4.06. The van der Waals surface area contributed by atoms with E-state index in [1.54, 1.807) is 47.4 Å². The van der Waals surface area contributed by atoms with Crippen molar-refractivity contribution in [2.75, 3.05) is 19.5 Å². The van der Waals surface area contributed by atoms with Crippen LogP contribution in [0.3, 0.4) is 0 Å². The molecule has 0 saturated heterocycles. The quantitative estimate of drug-likeness (QED) is 0.481. The number of hydrogen-bond donors (Lipinski definition) is 1. The number of ether oxygens (including phenoxy) is 3. The number of amides is 2. The van der Waals surface area contributed by atoms with E-state index in [0.29, 0.717) is 53.0 Å². The summed E-state index contributed by atoms with van der Waals surface area (Å²) >= 11 is 6.01. The normalized spacial score (nSPS) is 15.0. The van der Waals surface area contributed by atoms with Gasteiger partial charge in [0.05, 0.1) is 14.2 Å². The summed E-state index contributed by atoms with van der Waals surface area (Å²) in [6.45, 7) is 2.68. The van der Waals surface area contributed by atoms with Crippen molar-refractivity contribution in [3.63, 3.8) is 0 Å². The molecule has 1 heterocycles. The highest BCUT2D eigenvalue weighted by Gasteiger charge is 2.30. The Hall–Kier alpha value is -3.71. The van der Waals surface area contributed by atoms with Gasteiger partial charge in [0.2, 0.25) is 0 Å². The van der Waals surface area contributed by atoms with Gasteiger partial charge >= 0.3 is 0 Å². The van der Waals surface area contributed by atoms with Crippen molar-refractivity contribution in [2.45, 2.75) is 32.5 Å². The molecular weight excluding hydrogens is 468 g/mol. The third-order valence-electron chi connectivity index (χ3n) is 5.85. The molecule has 7 nitrogen and oxygen atoms in total. The first kappa shape index (κ1) is 24.4. The van der Waals surface area contributed by atoms with Crippen LogP contribution in [-0.2, 0) is 17.9 Å². The predicted molar refractivity (Wildman–Crippen MR) is 134 cm³/mol. The van der Waals surface area contributed by atoms with Gasteiger partial charge < -0.3 is 24.4 Å². The number of nitrogens with zero attached hydrogens (tertiary/aromatic N) is 1. The Labute approximate surface area is 209 Å². The highest BCUT2D eigenvalue weighted by atomic mass is 35.5. The van der Waals surface area contributed by atoms with E-state index in [1.165, 1.54) is 14.2 Å². The van der Waals surface area contributed by atoms with Crippen molar-refractivity contribution >= 4 is 29.1 Å². The zero-order valence-electron chi connectivity index (χ0n) is 19.8. The van der Waals surface area contributed by atoms with Gasteiger partial charge in [0, 0.05) is 29.4 Å². The standard InChI is InChI=1S/C27H27ClN2O5/c1-4-21-27(32)30(15-17-8-10-19(28)11-9-17)16-18-14-20(12-13-22(18)35-21)29-26(31)25-23(33-2)6-5-7-24(25)34-3/h5-14,21H,4,15-16H2,1-3H3,(H,29,31). The highest BCUT2D eigenvalue weighted by Crippen LogP contribution is 2.32. The molecule has 1 atom stereocenters. The lowest BCUT2D eigenvalue weighted by atomic mass is 10.1. The number of fused-ring (bicyclic) bond motifs is 1. The number of rotatable bonds is 7. The molecule has 4 rings (SSSR count). The van der Waals surface area contributed by atoms with E-state index in [2.05, 4.69) is 5.32 Å². The Balaban J connectivity index is 1.61. The average molecular weight is 495 g/mol. The molecule has 2 amide bonds. The molecule has 0 aromatic heterocycles. The van der Waals surface area contributed by atoms with Crippen molar-refractivity contribution in [1.29, 1.82) is 0 Å². The van der Waals surface area contributed by atoms with Crippen molar-refractivity contribution in [2.24, 2.45) is 0 Å². The number of methoxy groups -OCH3 is 2. The number of benzene rings is 3. The van der Waals surface area contributed by atoms with Crippen molar-refractivity contribution < 1.29 is 23.8 Å². The summed E-state index contributed by atoms with van der Waals surface area (Å²) in [5, 5.41) is 3.55. The summed E-state index contributed by atoms with van der Waals surface area (Å²) in [6.07, 6.45) is -0.0385. The minimum Gasteiger partial charge on any atom is -0.496 e. The molecule has 3 aromatic carbocycles. The summed E-state index contributed by atoms with van der Waals surface area (Å²) in [5.74, 6) is 0.991. The molecule has 1 aliphatic rings. The Morgan fingerprint density at radius 3 is 2.40 bits per heavy atom. The summed E-state index contributed by atoms with van der Waals surface area (Å²) < 4.78 is 16.8. The Kier molecular flexibility index (Phi) is 7.46. The number of anilines is 1. The summed E-state index contributed by atoms with van der Waals surface area (Å²) in [5.41, 5.74) is 2.63. The minimum absolute atomic E-state index is 0.0806. The number of halogens is 1. The van der Waals surface area contributed by atoms with Crippen molar-refractivity contribution in [3.8, 4) is 17.2 Å². The maximum absolute atomic E-state index is 13.2. The van der Waals surface area contributed by atoms with E-state index >= 15 is 0 Å². The van der Waals surface area contributed by atoms with Crippen LogP contribution < -0.4 is 19.5 Å². The first-order chi connectivity index (χ1) is 16.9. The molecule has 0 fully saturated rings. The van der Waals surface area contributed by atoms with Crippen LogP contribution >= 0.6 is 11.6 Å². The largest absolute Gasteiger partial charge is 0.496 e. The fourth-order valence-corrected chi connectivity index (χ4v) is 4.18. The van der Waals surface area contributed by atoms with Gasteiger partial charge in [-0.15, -0.1) is 0 Å². The molecule has 0 radical (unpaired) electrons.